The fraction of sp³-hybridized carbons (Fsp3) is 0.435. The third-order valence-electron chi connectivity index (χ3n) is 4.47. The van der Waals surface area contributed by atoms with Gasteiger partial charge >= 0.3 is 0 Å². The van der Waals surface area contributed by atoms with Crippen molar-refractivity contribution in [3.63, 3.8) is 0 Å². The summed E-state index contributed by atoms with van der Waals surface area (Å²) in [5.41, 5.74) is 3.93. The predicted molar refractivity (Wildman–Crippen MR) is 114 cm³/mol. The molecule has 0 aromatic heterocycles. The number of nitrogens with one attached hydrogen (secondary N) is 2. The molecule has 0 spiro atoms. The van der Waals surface area contributed by atoms with Crippen molar-refractivity contribution in [2.75, 3.05) is 23.8 Å². The number of unbranched alkanes of at least 4 members (excludes halogenated alkanes) is 4. The summed E-state index contributed by atoms with van der Waals surface area (Å²) in [4.78, 5) is 12.2. The summed E-state index contributed by atoms with van der Waals surface area (Å²) in [5.74, 6) is 0.774. The van der Waals surface area contributed by atoms with Gasteiger partial charge in [0.15, 0.2) is 0 Å². The number of ether oxygens (including phenoxy) is 1. The third-order valence-corrected chi connectivity index (χ3v) is 4.47. The molecular formula is C23H32N2O2. The van der Waals surface area contributed by atoms with Gasteiger partial charge in [-0.05, 0) is 49.6 Å². The number of hydrogen-bond donors (Lipinski definition) is 2. The molecule has 0 bridgehead atoms. The molecule has 0 saturated heterocycles. The van der Waals surface area contributed by atoms with Crippen molar-refractivity contribution in [1.29, 1.82) is 0 Å². The zero-order valence-corrected chi connectivity index (χ0v) is 16.8. The quantitative estimate of drug-likeness (QED) is 0.500. The number of aryl methyl sites for hydroxylation is 2. The largest absolute Gasteiger partial charge is 0.494 e. The molecule has 0 aliphatic rings. The van der Waals surface area contributed by atoms with Gasteiger partial charge in [-0.1, -0.05) is 50.8 Å². The molecule has 4 nitrogen and oxygen atoms in total. The first-order chi connectivity index (χ1) is 13.1. The molecule has 0 unspecified atom stereocenters. The van der Waals surface area contributed by atoms with E-state index in [9.17, 15) is 4.79 Å². The number of rotatable bonds is 11. The van der Waals surface area contributed by atoms with Crippen LogP contribution in [0.4, 0.5) is 11.4 Å². The monoisotopic (exact) mass is 368 g/mol. The van der Waals surface area contributed by atoms with E-state index in [1.54, 1.807) is 0 Å². The lowest BCUT2D eigenvalue weighted by atomic mass is 10.1. The van der Waals surface area contributed by atoms with Crippen molar-refractivity contribution < 1.29 is 9.53 Å². The van der Waals surface area contributed by atoms with Crippen molar-refractivity contribution in [3.8, 4) is 5.75 Å². The van der Waals surface area contributed by atoms with E-state index in [1.165, 1.54) is 25.7 Å². The van der Waals surface area contributed by atoms with Crippen molar-refractivity contribution in [2.24, 2.45) is 0 Å². The smallest absolute Gasteiger partial charge is 0.243 e. The summed E-state index contributed by atoms with van der Waals surface area (Å²) >= 11 is 0. The summed E-state index contributed by atoms with van der Waals surface area (Å²) in [6.45, 7) is 7.18. The highest BCUT2D eigenvalue weighted by molar-refractivity contribution is 5.94. The first-order valence-corrected chi connectivity index (χ1v) is 9.92. The molecule has 1 amide bonds. The van der Waals surface area contributed by atoms with Crippen molar-refractivity contribution in [3.05, 3.63) is 53.6 Å². The minimum atomic E-state index is -0.0639. The van der Waals surface area contributed by atoms with Gasteiger partial charge in [-0.2, -0.15) is 0 Å². The van der Waals surface area contributed by atoms with Gasteiger partial charge in [0, 0.05) is 17.4 Å². The average Bonchev–Trinajstić information content (AvgIpc) is 2.66. The summed E-state index contributed by atoms with van der Waals surface area (Å²) in [7, 11) is 0. The highest BCUT2D eigenvalue weighted by atomic mass is 16.5. The second-order valence-electron chi connectivity index (χ2n) is 7.01. The highest BCUT2D eigenvalue weighted by Gasteiger charge is 2.05. The van der Waals surface area contributed by atoms with Crippen LogP contribution in [-0.2, 0) is 4.79 Å². The zero-order chi connectivity index (χ0) is 19.5. The SMILES string of the molecule is CCCCCCCOc1cccc(NCC(=O)Nc2cc(C)ccc2C)c1. The molecule has 0 saturated carbocycles. The first kappa shape index (κ1) is 20.8. The molecule has 0 heterocycles. The Morgan fingerprint density at radius 2 is 1.81 bits per heavy atom. The van der Waals surface area contributed by atoms with Crippen LogP contribution in [0.15, 0.2) is 42.5 Å². The van der Waals surface area contributed by atoms with Gasteiger partial charge in [0.25, 0.3) is 0 Å². The molecule has 2 aromatic carbocycles. The van der Waals surface area contributed by atoms with E-state index in [1.807, 2.05) is 56.3 Å². The second kappa shape index (κ2) is 11.3. The molecule has 2 N–H and O–H groups in total. The van der Waals surface area contributed by atoms with E-state index in [0.29, 0.717) is 0 Å². The van der Waals surface area contributed by atoms with Crippen molar-refractivity contribution in [2.45, 2.75) is 52.9 Å². The van der Waals surface area contributed by atoms with Crippen LogP contribution in [0.3, 0.4) is 0 Å². The number of carbonyl (C=O) groups is 1. The van der Waals surface area contributed by atoms with Gasteiger partial charge in [-0.25, -0.2) is 0 Å². The van der Waals surface area contributed by atoms with Crippen LogP contribution in [0.25, 0.3) is 0 Å². The normalized spacial score (nSPS) is 10.5. The number of anilines is 2. The Bertz CT molecular complexity index is 728. The van der Waals surface area contributed by atoms with Gasteiger partial charge in [0.2, 0.25) is 5.91 Å². The van der Waals surface area contributed by atoms with Crippen molar-refractivity contribution in [1.82, 2.24) is 0 Å². The van der Waals surface area contributed by atoms with E-state index in [4.69, 9.17) is 4.74 Å². The van der Waals surface area contributed by atoms with E-state index in [-0.39, 0.29) is 12.5 Å². The van der Waals surface area contributed by atoms with Gasteiger partial charge in [0.1, 0.15) is 5.75 Å². The van der Waals surface area contributed by atoms with Gasteiger partial charge in [-0.3, -0.25) is 4.79 Å². The molecule has 0 aliphatic carbocycles. The van der Waals surface area contributed by atoms with E-state index in [2.05, 4.69) is 17.6 Å². The third kappa shape index (κ3) is 7.73. The number of carbonyl (C=O) groups excluding carboxylic acids is 1. The fourth-order valence-electron chi connectivity index (χ4n) is 2.84. The Kier molecular flexibility index (Phi) is 8.69. The number of hydrogen-bond acceptors (Lipinski definition) is 3. The van der Waals surface area contributed by atoms with Crippen LogP contribution in [0.2, 0.25) is 0 Å². The Morgan fingerprint density at radius 3 is 2.63 bits per heavy atom. The number of amides is 1. The Hall–Kier alpha value is -2.49. The molecule has 146 valence electrons. The average molecular weight is 369 g/mol. The molecule has 0 aliphatic heterocycles. The lowest BCUT2D eigenvalue weighted by molar-refractivity contribution is -0.114. The molecule has 0 atom stereocenters. The van der Waals surface area contributed by atoms with Crippen LogP contribution in [0.5, 0.6) is 5.75 Å². The van der Waals surface area contributed by atoms with Gasteiger partial charge in [0.05, 0.1) is 13.2 Å². The molecule has 27 heavy (non-hydrogen) atoms. The lowest BCUT2D eigenvalue weighted by Crippen LogP contribution is -2.22. The van der Waals surface area contributed by atoms with Crippen LogP contribution in [0, 0.1) is 13.8 Å². The molecular weight excluding hydrogens is 336 g/mol. The van der Waals surface area contributed by atoms with Gasteiger partial charge in [-0.15, -0.1) is 0 Å². The number of benzene rings is 2. The predicted octanol–water partition coefficient (Wildman–Crippen LogP) is 5.70. The van der Waals surface area contributed by atoms with Crippen molar-refractivity contribution >= 4 is 17.3 Å². The molecule has 0 fully saturated rings. The van der Waals surface area contributed by atoms with Crippen LogP contribution >= 0.6 is 0 Å². The standard InChI is InChI=1S/C23H32N2O2/c1-4-5-6-7-8-14-27-21-11-9-10-20(16-21)24-17-23(26)25-22-15-18(2)12-13-19(22)3/h9-13,15-16,24H,4-8,14,17H2,1-3H3,(H,25,26). The summed E-state index contributed by atoms with van der Waals surface area (Å²) in [5, 5.41) is 6.13. The highest BCUT2D eigenvalue weighted by Crippen LogP contribution is 2.19. The van der Waals surface area contributed by atoms with Crippen LogP contribution < -0.4 is 15.4 Å². The Balaban J connectivity index is 1.76. The topological polar surface area (TPSA) is 50.4 Å². The van der Waals surface area contributed by atoms with Crippen LogP contribution in [-0.4, -0.2) is 19.1 Å². The first-order valence-electron chi connectivity index (χ1n) is 9.92. The molecule has 0 radical (unpaired) electrons. The van der Waals surface area contributed by atoms with Crippen LogP contribution in [0.1, 0.15) is 50.2 Å². The van der Waals surface area contributed by atoms with E-state index in [0.717, 1.165) is 41.3 Å². The zero-order valence-electron chi connectivity index (χ0n) is 16.8. The maximum absolute atomic E-state index is 12.2. The molecule has 2 rings (SSSR count). The van der Waals surface area contributed by atoms with Gasteiger partial charge < -0.3 is 15.4 Å². The van der Waals surface area contributed by atoms with E-state index >= 15 is 0 Å². The van der Waals surface area contributed by atoms with E-state index < -0.39 is 0 Å². The maximum Gasteiger partial charge on any atom is 0.243 e. The minimum Gasteiger partial charge on any atom is -0.494 e. The summed E-state index contributed by atoms with van der Waals surface area (Å²) in [6.07, 6.45) is 6.12. The Morgan fingerprint density at radius 1 is 1.00 bits per heavy atom. The Labute approximate surface area is 163 Å². The lowest BCUT2D eigenvalue weighted by Gasteiger charge is -2.12. The molecule has 4 heteroatoms. The summed E-state index contributed by atoms with van der Waals surface area (Å²) in [6, 6.07) is 13.8. The molecule has 2 aromatic rings. The second-order valence-corrected chi connectivity index (χ2v) is 7.01. The fourth-order valence-corrected chi connectivity index (χ4v) is 2.84. The maximum atomic E-state index is 12.2. The minimum absolute atomic E-state index is 0.0639. The summed E-state index contributed by atoms with van der Waals surface area (Å²) < 4.78 is 5.82.